The molecule has 2 heterocycles. The van der Waals surface area contributed by atoms with E-state index in [0.717, 1.165) is 19.8 Å². The summed E-state index contributed by atoms with van der Waals surface area (Å²) in [4.78, 5) is 13.1. The van der Waals surface area contributed by atoms with E-state index in [1.54, 1.807) is 14.0 Å². The number of rotatable bonds is 5. The molecule has 0 saturated carbocycles. The van der Waals surface area contributed by atoms with Crippen LogP contribution in [0.2, 0.25) is 0 Å². The largest absolute Gasteiger partial charge is 0.379 e. The van der Waals surface area contributed by atoms with Gasteiger partial charge in [-0.15, -0.1) is 0 Å². The summed E-state index contributed by atoms with van der Waals surface area (Å²) >= 11 is 0. The number of aryl methyl sites for hydroxylation is 2. The van der Waals surface area contributed by atoms with Crippen molar-refractivity contribution in [3.8, 4) is 0 Å². The highest BCUT2D eigenvalue weighted by molar-refractivity contribution is 5.59. The Morgan fingerprint density at radius 2 is 2.33 bits per heavy atom. The first kappa shape index (κ1) is 15.7. The summed E-state index contributed by atoms with van der Waals surface area (Å²) < 4.78 is 6.96. The molecule has 2 atom stereocenters. The Balaban J connectivity index is 2.04. The molecule has 0 unspecified atom stereocenters. The van der Waals surface area contributed by atoms with Crippen LogP contribution >= 0.6 is 0 Å². The van der Waals surface area contributed by atoms with Crippen molar-refractivity contribution in [3.63, 3.8) is 0 Å². The van der Waals surface area contributed by atoms with Gasteiger partial charge in [0.2, 0.25) is 5.82 Å². The summed E-state index contributed by atoms with van der Waals surface area (Å²) in [6, 6.07) is 0.623. The minimum absolute atomic E-state index is 0.0553. The van der Waals surface area contributed by atoms with Crippen molar-refractivity contribution in [2.75, 3.05) is 31.6 Å². The molecule has 1 aromatic rings. The maximum atomic E-state index is 11.1. The van der Waals surface area contributed by atoms with E-state index in [1.807, 2.05) is 0 Å². The molecule has 0 aromatic carbocycles. The average molecular weight is 297 g/mol. The maximum absolute atomic E-state index is 11.1. The van der Waals surface area contributed by atoms with Gasteiger partial charge in [-0.2, -0.15) is 5.10 Å². The Kier molecular flexibility index (Phi) is 4.79. The summed E-state index contributed by atoms with van der Waals surface area (Å²) in [5.74, 6) is 0.463. The number of aromatic nitrogens is 2. The van der Waals surface area contributed by atoms with Crippen LogP contribution in [-0.2, 0) is 11.8 Å². The first-order valence-electron chi connectivity index (χ1n) is 7.17. The van der Waals surface area contributed by atoms with Crippen LogP contribution in [0.15, 0.2) is 0 Å². The summed E-state index contributed by atoms with van der Waals surface area (Å²) in [6.07, 6.45) is 0. The van der Waals surface area contributed by atoms with Gasteiger partial charge < -0.3 is 10.1 Å². The molecule has 8 nitrogen and oxygen atoms in total. The fourth-order valence-electron chi connectivity index (χ4n) is 2.82. The zero-order chi connectivity index (χ0) is 15.6. The van der Waals surface area contributed by atoms with Crippen molar-refractivity contribution in [2.45, 2.75) is 32.9 Å². The Hall–Kier alpha value is -1.67. The standard InChI is InChI=1S/C13H23N5O3/c1-9(17-5-6-21-8-10(17)2)7-14-13-12(18(19)20)11(3)15-16(13)4/h9-10,14H,5-8H2,1-4H3/t9-,10+/m1/s1. The number of nitrogens with zero attached hydrogens (tertiary/aromatic N) is 4. The summed E-state index contributed by atoms with van der Waals surface area (Å²) in [5, 5.41) is 18.4. The fraction of sp³-hybridized carbons (Fsp3) is 0.769. The van der Waals surface area contributed by atoms with E-state index >= 15 is 0 Å². The van der Waals surface area contributed by atoms with Crippen LogP contribution < -0.4 is 5.32 Å². The minimum Gasteiger partial charge on any atom is -0.379 e. The van der Waals surface area contributed by atoms with Gasteiger partial charge in [0.05, 0.1) is 18.1 Å². The number of hydrogen-bond acceptors (Lipinski definition) is 6. The minimum atomic E-state index is -0.382. The molecule has 2 rings (SSSR count). The lowest BCUT2D eigenvalue weighted by molar-refractivity contribution is -0.384. The highest BCUT2D eigenvalue weighted by Crippen LogP contribution is 2.27. The predicted molar refractivity (Wildman–Crippen MR) is 79.5 cm³/mol. The Bertz CT molecular complexity index is 516. The van der Waals surface area contributed by atoms with Gasteiger partial charge in [-0.3, -0.25) is 15.0 Å². The lowest BCUT2D eigenvalue weighted by Crippen LogP contribution is -2.50. The molecule has 1 aromatic heterocycles. The first-order valence-corrected chi connectivity index (χ1v) is 7.17. The van der Waals surface area contributed by atoms with Crippen LogP contribution in [-0.4, -0.2) is 58.0 Å². The van der Waals surface area contributed by atoms with Crippen molar-refractivity contribution in [3.05, 3.63) is 15.8 Å². The number of hydrogen-bond donors (Lipinski definition) is 1. The molecule has 1 aliphatic rings. The van der Waals surface area contributed by atoms with Crippen molar-refractivity contribution >= 4 is 11.5 Å². The molecule has 0 aliphatic carbocycles. The van der Waals surface area contributed by atoms with Gasteiger partial charge in [0.25, 0.3) is 0 Å². The van der Waals surface area contributed by atoms with Crippen LogP contribution in [0.3, 0.4) is 0 Å². The number of morpholine rings is 1. The van der Waals surface area contributed by atoms with Crippen molar-refractivity contribution in [2.24, 2.45) is 7.05 Å². The smallest absolute Gasteiger partial charge is 0.333 e. The molecule has 21 heavy (non-hydrogen) atoms. The van der Waals surface area contributed by atoms with E-state index in [1.165, 1.54) is 4.68 Å². The number of nitro groups is 1. The molecule has 118 valence electrons. The van der Waals surface area contributed by atoms with Crippen LogP contribution in [0.25, 0.3) is 0 Å². The van der Waals surface area contributed by atoms with Gasteiger partial charge >= 0.3 is 5.69 Å². The summed E-state index contributed by atoms with van der Waals surface area (Å²) in [6.45, 7) is 8.88. The van der Waals surface area contributed by atoms with Crippen LogP contribution in [0.1, 0.15) is 19.5 Å². The number of nitrogens with one attached hydrogen (secondary N) is 1. The van der Waals surface area contributed by atoms with Crippen LogP contribution in [0.4, 0.5) is 11.5 Å². The lowest BCUT2D eigenvalue weighted by atomic mass is 10.2. The van der Waals surface area contributed by atoms with Crippen LogP contribution in [0, 0.1) is 17.0 Å². The first-order chi connectivity index (χ1) is 9.91. The second-order valence-electron chi connectivity index (χ2n) is 5.56. The van der Waals surface area contributed by atoms with Gasteiger partial charge in [0, 0.05) is 32.2 Å². The number of anilines is 1. The van der Waals surface area contributed by atoms with E-state index in [9.17, 15) is 10.1 Å². The predicted octanol–water partition coefficient (Wildman–Crippen LogP) is 1.16. The average Bonchev–Trinajstić information content (AvgIpc) is 2.70. The van der Waals surface area contributed by atoms with Gasteiger partial charge in [-0.1, -0.05) is 0 Å². The van der Waals surface area contributed by atoms with E-state index in [0.29, 0.717) is 24.1 Å². The van der Waals surface area contributed by atoms with E-state index in [-0.39, 0.29) is 16.7 Å². The molecule has 1 fully saturated rings. The van der Waals surface area contributed by atoms with E-state index in [4.69, 9.17) is 4.74 Å². The lowest BCUT2D eigenvalue weighted by Gasteiger charge is -2.37. The van der Waals surface area contributed by atoms with E-state index in [2.05, 4.69) is 29.2 Å². The van der Waals surface area contributed by atoms with E-state index < -0.39 is 0 Å². The third-order valence-electron chi connectivity index (χ3n) is 3.92. The second-order valence-corrected chi connectivity index (χ2v) is 5.56. The zero-order valence-corrected chi connectivity index (χ0v) is 13.0. The molecule has 0 amide bonds. The van der Waals surface area contributed by atoms with Crippen molar-refractivity contribution in [1.29, 1.82) is 0 Å². The molecular formula is C13H23N5O3. The molecule has 0 spiro atoms. The van der Waals surface area contributed by atoms with Gasteiger partial charge in [0.1, 0.15) is 5.69 Å². The quantitative estimate of drug-likeness (QED) is 0.648. The maximum Gasteiger partial charge on any atom is 0.333 e. The fourth-order valence-corrected chi connectivity index (χ4v) is 2.82. The molecule has 1 saturated heterocycles. The highest BCUT2D eigenvalue weighted by Gasteiger charge is 2.27. The number of ether oxygens (including phenoxy) is 1. The summed E-state index contributed by atoms with van der Waals surface area (Å²) in [7, 11) is 1.71. The topological polar surface area (TPSA) is 85.5 Å². The normalized spacial score (nSPS) is 21.2. The SMILES string of the molecule is Cc1nn(C)c(NC[C@@H](C)N2CCOC[C@@H]2C)c1[N+](=O)[O-]. The Morgan fingerprint density at radius 1 is 1.62 bits per heavy atom. The second kappa shape index (κ2) is 6.40. The van der Waals surface area contributed by atoms with Gasteiger partial charge in [0.15, 0.2) is 0 Å². The molecule has 0 radical (unpaired) electrons. The molecule has 0 bridgehead atoms. The zero-order valence-electron chi connectivity index (χ0n) is 13.0. The molecule has 1 N–H and O–H groups in total. The molecule has 1 aliphatic heterocycles. The third-order valence-corrected chi connectivity index (χ3v) is 3.92. The van der Waals surface area contributed by atoms with Crippen LogP contribution in [0.5, 0.6) is 0 Å². The Morgan fingerprint density at radius 3 is 2.95 bits per heavy atom. The molecular weight excluding hydrogens is 274 g/mol. The Labute approximate surface area is 124 Å². The van der Waals surface area contributed by atoms with Crippen molar-refractivity contribution < 1.29 is 9.66 Å². The molecule has 8 heteroatoms. The van der Waals surface area contributed by atoms with Gasteiger partial charge in [-0.25, -0.2) is 4.68 Å². The third kappa shape index (κ3) is 3.33. The van der Waals surface area contributed by atoms with Gasteiger partial charge in [-0.05, 0) is 20.8 Å². The highest BCUT2D eigenvalue weighted by atomic mass is 16.6. The van der Waals surface area contributed by atoms with Crippen molar-refractivity contribution in [1.82, 2.24) is 14.7 Å². The monoisotopic (exact) mass is 297 g/mol. The summed E-state index contributed by atoms with van der Waals surface area (Å²) in [5.41, 5.74) is 0.483.